The molecule has 0 radical (unpaired) electrons. The molecule has 0 aromatic carbocycles. The smallest absolute Gasteiger partial charge is 0.358 e. The summed E-state index contributed by atoms with van der Waals surface area (Å²) in [6.45, 7) is 0.278. The topological polar surface area (TPSA) is 73.8 Å². The monoisotopic (exact) mass is 272 g/mol. The van der Waals surface area contributed by atoms with Crippen LogP contribution >= 0.6 is 23.2 Å². The highest BCUT2D eigenvalue weighted by atomic mass is 35.5. The number of nitrogens with zero attached hydrogens (tertiary/aromatic N) is 4. The number of aromatic nitrogens is 3. The van der Waals surface area contributed by atoms with Gasteiger partial charge in [0.05, 0.1) is 17.3 Å². The van der Waals surface area contributed by atoms with Crippen LogP contribution in [-0.4, -0.2) is 19.5 Å². The number of halogens is 2. The molecule has 0 amide bonds. The molecule has 0 aliphatic rings. The second-order valence-electron chi connectivity index (χ2n) is 3.22. The molecular weight excluding hydrogens is 267 g/mol. The molecule has 2 heterocycles. The van der Waals surface area contributed by atoms with Crippen molar-refractivity contribution in [2.45, 2.75) is 6.54 Å². The van der Waals surface area contributed by atoms with Gasteiger partial charge in [0.25, 0.3) is 0 Å². The summed E-state index contributed by atoms with van der Waals surface area (Å²) in [5, 5.41) is 11.2. The van der Waals surface area contributed by atoms with Crippen molar-refractivity contribution in [2.75, 3.05) is 0 Å². The Balaban J connectivity index is 2.25. The van der Waals surface area contributed by atoms with Gasteiger partial charge in [0.1, 0.15) is 11.3 Å². The molecule has 2 aromatic rings. The molecule has 2 aromatic heterocycles. The third kappa shape index (κ3) is 2.72. The Hall–Kier alpha value is -1.66. The van der Waals surface area contributed by atoms with E-state index in [2.05, 4.69) is 9.97 Å². The maximum absolute atomic E-state index is 10.5. The molecule has 0 bridgehead atoms. The minimum Gasteiger partial charge on any atom is -0.358 e. The molecule has 2 rings (SSSR count). The van der Waals surface area contributed by atoms with Crippen LogP contribution in [-0.2, 0) is 6.54 Å². The Morgan fingerprint density at radius 1 is 1.41 bits per heavy atom. The van der Waals surface area contributed by atoms with Crippen LogP contribution in [0, 0.1) is 10.1 Å². The van der Waals surface area contributed by atoms with Gasteiger partial charge in [-0.15, -0.1) is 0 Å². The summed E-state index contributed by atoms with van der Waals surface area (Å²) in [7, 11) is 0. The van der Waals surface area contributed by atoms with E-state index in [1.54, 1.807) is 12.1 Å². The molecule has 0 aliphatic heterocycles. The van der Waals surface area contributed by atoms with Crippen LogP contribution in [0.1, 0.15) is 5.69 Å². The summed E-state index contributed by atoms with van der Waals surface area (Å²) in [5.74, 6) is -0.219. The van der Waals surface area contributed by atoms with Crippen LogP contribution in [0.5, 0.6) is 0 Å². The Bertz CT molecular complexity index is 570. The van der Waals surface area contributed by atoms with Crippen molar-refractivity contribution >= 4 is 29.0 Å². The molecule has 0 N–H and O–H groups in total. The van der Waals surface area contributed by atoms with Gasteiger partial charge in [-0.25, -0.2) is 4.98 Å². The third-order valence-electron chi connectivity index (χ3n) is 2.02. The molecule has 0 fully saturated rings. The number of pyridine rings is 1. The number of hydrogen-bond acceptors (Lipinski definition) is 4. The summed E-state index contributed by atoms with van der Waals surface area (Å²) in [6.07, 6.45) is 2.65. The fourth-order valence-corrected chi connectivity index (χ4v) is 1.60. The highest BCUT2D eigenvalue weighted by molar-refractivity contribution is 6.32. The van der Waals surface area contributed by atoms with Crippen LogP contribution in [0.15, 0.2) is 24.7 Å². The second kappa shape index (κ2) is 4.68. The fourth-order valence-electron chi connectivity index (χ4n) is 1.27. The Kier molecular flexibility index (Phi) is 3.26. The van der Waals surface area contributed by atoms with E-state index < -0.39 is 4.92 Å². The first-order chi connectivity index (χ1) is 8.06. The number of hydrogen-bond donors (Lipinski definition) is 0. The lowest BCUT2D eigenvalue weighted by Gasteiger charge is -2.03. The van der Waals surface area contributed by atoms with Crippen LogP contribution in [0.25, 0.3) is 0 Å². The van der Waals surface area contributed by atoms with Crippen molar-refractivity contribution in [3.05, 3.63) is 50.6 Å². The van der Waals surface area contributed by atoms with E-state index in [4.69, 9.17) is 23.2 Å². The summed E-state index contributed by atoms with van der Waals surface area (Å²) >= 11 is 11.7. The van der Waals surface area contributed by atoms with Crippen LogP contribution < -0.4 is 0 Å². The molecule has 88 valence electrons. The molecule has 0 saturated carbocycles. The molecule has 0 spiro atoms. The maximum atomic E-state index is 10.5. The molecule has 0 unspecified atom stereocenters. The van der Waals surface area contributed by atoms with Crippen molar-refractivity contribution in [3.63, 3.8) is 0 Å². The molecule has 6 nitrogen and oxygen atoms in total. The Morgan fingerprint density at radius 2 is 2.18 bits per heavy atom. The summed E-state index contributed by atoms with van der Waals surface area (Å²) in [4.78, 5) is 17.5. The normalized spacial score (nSPS) is 10.5. The first-order valence-corrected chi connectivity index (χ1v) is 5.29. The van der Waals surface area contributed by atoms with Gasteiger partial charge in [-0.2, -0.15) is 0 Å². The lowest BCUT2D eigenvalue weighted by atomic mass is 10.3. The van der Waals surface area contributed by atoms with Gasteiger partial charge < -0.3 is 14.7 Å². The summed E-state index contributed by atoms with van der Waals surface area (Å²) < 4.78 is 1.52. The summed E-state index contributed by atoms with van der Waals surface area (Å²) in [6, 6.07) is 3.20. The minimum atomic E-state index is -0.566. The molecular formula is C9H6Cl2N4O2. The van der Waals surface area contributed by atoms with Crippen molar-refractivity contribution in [1.82, 2.24) is 14.5 Å². The zero-order chi connectivity index (χ0) is 12.4. The van der Waals surface area contributed by atoms with Gasteiger partial charge in [-0.05, 0) is 22.0 Å². The van der Waals surface area contributed by atoms with Gasteiger partial charge in [0.2, 0.25) is 6.33 Å². The van der Waals surface area contributed by atoms with Gasteiger partial charge in [-0.3, -0.25) is 0 Å². The molecule has 8 heteroatoms. The van der Waals surface area contributed by atoms with E-state index in [1.165, 1.54) is 17.1 Å². The van der Waals surface area contributed by atoms with Gasteiger partial charge in [0.15, 0.2) is 0 Å². The van der Waals surface area contributed by atoms with E-state index in [0.29, 0.717) is 15.9 Å². The van der Waals surface area contributed by atoms with E-state index in [0.717, 1.165) is 0 Å². The molecule has 0 saturated heterocycles. The summed E-state index contributed by atoms with van der Waals surface area (Å²) in [5.41, 5.74) is 0.534. The van der Waals surface area contributed by atoms with Crippen molar-refractivity contribution in [2.24, 2.45) is 0 Å². The quantitative estimate of drug-likeness (QED) is 0.489. The zero-order valence-corrected chi connectivity index (χ0v) is 9.89. The largest absolute Gasteiger partial charge is 0.381 e. The van der Waals surface area contributed by atoms with Gasteiger partial charge in [-0.1, -0.05) is 23.2 Å². The third-order valence-corrected chi connectivity index (χ3v) is 2.58. The van der Waals surface area contributed by atoms with Crippen LogP contribution in [0.4, 0.5) is 5.82 Å². The number of imidazole rings is 1. The fraction of sp³-hybridized carbons (Fsp3) is 0.111. The molecule has 0 atom stereocenters. The van der Waals surface area contributed by atoms with Crippen molar-refractivity contribution < 1.29 is 4.92 Å². The van der Waals surface area contributed by atoms with E-state index >= 15 is 0 Å². The zero-order valence-electron chi connectivity index (χ0n) is 8.38. The predicted octanol–water partition coefficient (Wildman–Crippen LogP) is 2.54. The highest BCUT2D eigenvalue weighted by Crippen LogP contribution is 2.18. The average molecular weight is 273 g/mol. The first-order valence-electron chi connectivity index (χ1n) is 4.53. The van der Waals surface area contributed by atoms with Crippen molar-refractivity contribution in [3.8, 4) is 0 Å². The lowest BCUT2D eigenvalue weighted by Crippen LogP contribution is -2.00. The first kappa shape index (κ1) is 11.8. The van der Waals surface area contributed by atoms with Crippen molar-refractivity contribution in [1.29, 1.82) is 0 Å². The lowest BCUT2D eigenvalue weighted by molar-refractivity contribution is -0.389. The SMILES string of the molecule is O=[N+]([O-])c1cn(Cc2nc(Cl)ccc2Cl)cn1. The minimum absolute atomic E-state index is 0.219. The maximum Gasteiger partial charge on any atom is 0.381 e. The van der Waals surface area contributed by atoms with Crippen LogP contribution in [0.2, 0.25) is 10.2 Å². The predicted molar refractivity (Wildman–Crippen MR) is 62.2 cm³/mol. The molecule has 17 heavy (non-hydrogen) atoms. The Labute approximate surface area is 106 Å². The number of nitro groups is 1. The van der Waals surface area contributed by atoms with E-state index in [9.17, 15) is 10.1 Å². The van der Waals surface area contributed by atoms with E-state index in [1.807, 2.05) is 0 Å². The molecule has 0 aliphatic carbocycles. The highest BCUT2D eigenvalue weighted by Gasteiger charge is 2.11. The van der Waals surface area contributed by atoms with Crippen LogP contribution in [0.3, 0.4) is 0 Å². The Morgan fingerprint density at radius 3 is 2.82 bits per heavy atom. The van der Waals surface area contributed by atoms with E-state index in [-0.39, 0.29) is 12.4 Å². The number of rotatable bonds is 3. The average Bonchev–Trinajstić information content (AvgIpc) is 2.72. The standard InChI is InChI=1S/C9H6Cl2N4O2/c10-6-1-2-8(11)13-7(6)3-14-4-9(12-5-14)15(16)17/h1-2,4-5H,3H2. The van der Waals surface area contributed by atoms with Gasteiger partial charge >= 0.3 is 5.82 Å². The second-order valence-corrected chi connectivity index (χ2v) is 4.02. The van der Waals surface area contributed by atoms with Gasteiger partial charge in [0, 0.05) is 0 Å².